The van der Waals surface area contributed by atoms with E-state index in [4.69, 9.17) is 11.6 Å². The highest BCUT2D eigenvalue weighted by molar-refractivity contribution is 6.30. The topological polar surface area (TPSA) is 23.5 Å². The highest BCUT2D eigenvalue weighted by atomic mass is 35.5. The van der Waals surface area contributed by atoms with Crippen LogP contribution < -0.4 is 0 Å². The van der Waals surface area contributed by atoms with E-state index >= 15 is 0 Å². The monoisotopic (exact) mass is 299 g/mol. The molecule has 2 nitrogen and oxygen atoms in total. The molecule has 0 saturated heterocycles. The van der Waals surface area contributed by atoms with Crippen molar-refractivity contribution in [3.63, 3.8) is 0 Å². The Hall–Kier alpha value is -1.35. The molecule has 0 radical (unpaired) electrons. The van der Waals surface area contributed by atoms with Crippen molar-refractivity contribution in [2.45, 2.75) is 25.1 Å². The molecule has 2 aromatic carbocycles. The van der Waals surface area contributed by atoms with E-state index in [1.807, 2.05) is 42.5 Å². The van der Waals surface area contributed by atoms with Gasteiger partial charge in [0.2, 0.25) is 0 Å². The Kier molecular flexibility index (Phi) is 3.07. The Morgan fingerprint density at radius 1 is 1.10 bits per heavy atom. The molecule has 0 amide bonds. The molecule has 1 heterocycles. The molecule has 108 valence electrons. The van der Waals surface area contributed by atoms with Crippen molar-refractivity contribution in [1.82, 2.24) is 4.90 Å². The first kappa shape index (κ1) is 13.3. The van der Waals surface area contributed by atoms with Crippen LogP contribution in [0.4, 0.5) is 0 Å². The number of hydrogen-bond donors (Lipinski definition) is 1. The van der Waals surface area contributed by atoms with Crippen LogP contribution in [0.3, 0.4) is 0 Å². The van der Waals surface area contributed by atoms with Crippen LogP contribution in [0.15, 0.2) is 48.5 Å². The van der Waals surface area contributed by atoms with Gasteiger partial charge >= 0.3 is 0 Å². The lowest BCUT2D eigenvalue weighted by atomic mass is 9.94. The van der Waals surface area contributed by atoms with Crippen molar-refractivity contribution in [3.05, 3.63) is 70.2 Å². The van der Waals surface area contributed by atoms with E-state index in [0.717, 1.165) is 30.1 Å². The van der Waals surface area contributed by atoms with E-state index in [9.17, 15) is 5.11 Å². The minimum atomic E-state index is -1.02. The Morgan fingerprint density at radius 3 is 2.52 bits per heavy atom. The summed E-state index contributed by atoms with van der Waals surface area (Å²) in [5.74, 6) is 0.734. The second kappa shape index (κ2) is 4.84. The zero-order valence-corrected chi connectivity index (χ0v) is 12.6. The number of rotatable bonds is 3. The Bertz CT molecular complexity index is 665. The predicted molar refractivity (Wildman–Crippen MR) is 84.0 cm³/mol. The molecule has 4 rings (SSSR count). The van der Waals surface area contributed by atoms with Crippen molar-refractivity contribution >= 4 is 11.6 Å². The van der Waals surface area contributed by atoms with Gasteiger partial charge in [0.1, 0.15) is 0 Å². The van der Waals surface area contributed by atoms with Gasteiger partial charge < -0.3 is 5.11 Å². The number of aliphatic hydroxyl groups is 1. The quantitative estimate of drug-likeness (QED) is 0.933. The molecule has 1 fully saturated rings. The maximum atomic E-state index is 11.5. The average Bonchev–Trinajstić information content (AvgIpc) is 3.26. The van der Waals surface area contributed by atoms with Crippen molar-refractivity contribution < 1.29 is 5.11 Å². The number of fused-ring (bicyclic) bond motifs is 1. The van der Waals surface area contributed by atoms with Gasteiger partial charge in [0.25, 0.3) is 0 Å². The van der Waals surface area contributed by atoms with Crippen molar-refractivity contribution in [3.8, 4) is 0 Å². The molecule has 0 spiro atoms. The Labute approximate surface area is 130 Å². The first-order valence-electron chi connectivity index (χ1n) is 7.50. The van der Waals surface area contributed by atoms with Crippen LogP contribution in [0.25, 0.3) is 0 Å². The summed E-state index contributed by atoms with van der Waals surface area (Å²) in [5.41, 5.74) is 2.10. The number of halogens is 1. The van der Waals surface area contributed by atoms with E-state index in [2.05, 4.69) is 11.0 Å². The SMILES string of the molecule is OC1(c2ccc(Cl)cc2)c2ccccc2CN1CC1CC1. The van der Waals surface area contributed by atoms with Crippen LogP contribution in [0, 0.1) is 5.92 Å². The molecule has 1 N–H and O–H groups in total. The summed E-state index contributed by atoms with van der Waals surface area (Å²) in [6.45, 7) is 1.76. The molecular formula is C18H18ClNO. The lowest BCUT2D eigenvalue weighted by Gasteiger charge is -2.35. The Balaban J connectivity index is 1.81. The molecule has 1 unspecified atom stereocenters. The van der Waals surface area contributed by atoms with Gasteiger partial charge in [-0.3, -0.25) is 4.90 Å². The van der Waals surface area contributed by atoms with Crippen molar-refractivity contribution in [1.29, 1.82) is 0 Å². The highest BCUT2D eigenvalue weighted by Crippen LogP contribution is 2.44. The van der Waals surface area contributed by atoms with Crippen LogP contribution >= 0.6 is 11.6 Å². The van der Waals surface area contributed by atoms with Crippen LogP contribution in [-0.2, 0) is 12.3 Å². The zero-order valence-electron chi connectivity index (χ0n) is 11.8. The summed E-state index contributed by atoms with van der Waals surface area (Å²) < 4.78 is 0. The summed E-state index contributed by atoms with van der Waals surface area (Å²) >= 11 is 6.00. The van der Waals surface area contributed by atoms with Gasteiger partial charge in [-0.05, 0) is 36.5 Å². The summed E-state index contributed by atoms with van der Waals surface area (Å²) in [6.07, 6.45) is 2.56. The number of hydrogen-bond acceptors (Lipinski definition) is 2. The third-order valence-electron chi connectivity index (χ3n) is 4.63. The predicted octanol–water partition coefficient (Wildman–Crippen LogP) is 3.76. The maximum Gasteiger partial charge on any atom is 0.171 e. The normalized spacial score (nSPS) is 25.0. The first-order valence-corrected chi connectivity index (χ1v) is 7.87. The largest absolute Gasteiger partial charge is 0.367 e. The van der Waals surface area contributed by atoms with Gasteiger partial charge in [-0.25, -0.2) is 0 Å². The van der Waals surface area contributed by atoms with Crippen LogP contribution in [0.5, 0.6) is 0 Å². The van der Waals surface area contributed by atoms with Crippen LogP contribution in [0.2, 0.25) is 5.02 Å². The highest BCUT2D eigenvalue weighted by Gasteiger charge is 2.46. The third kappa shape index (κ3) is 2.18. The Morgan fingerprint density at radius 2 is 1.81 bits per heavy atom. The molecule has 0 aromatic heterocycles. The van der Waals surface area contributed by atoms with Gasteiger partial charge in [-0.2, -0.15) is 0 Å². The lowest BCUT2D eigenvalue weighted by Crippen LogP contribution is -2.43. The maximum absolute atomic E-state index is 11.5. The van der Waals surface area contributed by atoms with Gasteiger partial charge in [0.15, 0.2) is 5.72 Å². The summed E-state index contributed by atoms with van der Waals surface area (Å²) in [4.78, 5) is 2.21. The molecule has 21 heavy (non-hydrogen) atoms. The van der Waals surface area contributed by atoms with Crippen molar-refractivity contribution in [2.24, 2.45) is 5.92 Å². The van der Waals surface area contributed by atoms with Gasteiger partial charge in [-0.1, -0.05) is 48.0 Å². The number of nitrogens with zero attached hydrogens (tertiary/aromatic N) is 1. The van der Waals surface area contributed by atoms with Crippen LogP contribution in [-0.4, -0.2) is 16.6 Å². The van der Waals surface area contributed by atoms with E-state index in [1.165, 1.54) is 18.4 Å². The minimum absolute atomic E-state index is 0.697. The zero-order chi connectivity index (χ0) is 14.4. The second-order valence-electron chi connectivity index (χ2n) is 6.16. The van der Waals surface area contributed by atoms with Gasteiger partial charge in [0, 0.05) is 29.2 Å². The summed E-state index contributed by atoms with van der Waals surface area (Å²) in [5, 5.41) is 12.2. The number of benzene rings is 2. The fourth-order valence-electron chi connectivity index (χ4n) is 3.32. The fourth-order valence-corrected chi connectivity index (χ4v) is 3.44. The minimum Gasteiger partial charge on any atom is -0.367 e. The van der Waals surface area contributed by atoms with Gasteiger partial charge in [-0.15, -0.1) is 0 Å². The molecule has 0 bridgehead atoms. The smallest absolute Gasteiger partial charge is 0.171 e. The second-order valence-corrected chi connectivity index (χ2v) is 6.60. The average molecular weight is 300 g/mol. The standard InChI is InChI=1S/C18H18ClNO/c19-16-9-7-15(8-10-16)18(21)17-4-2-1-3-14(17)12-20(18)11-13-5-6-13/h1-4,7-10,13,21H,5-6,11-12H2. The lowest BCUT2D eigenvalue weighted by molar-refractivity contribution is -0.0723. The van der Waals surface area contributed by atoms with E-state index < -0.39 is 5.72 Å². The molecule has 1 aliphatic carbocycles. The molecule has 1 atom stereocenters. The molecule has 1 aliphatic heterocycles. The van der Waals surface area contributed by atoms with E-state index in [-0.39, 0.29) is 0 Å². The van der Waals surface area contributed by atoms with E-state index in [0.29, 0.717) is 5.02 Å². The molecular weight excluding hydrogens is 282 g/mol. The summed E-state index contributed by atoms with van der Waals surface area (Å²) in [6, 6.07) is 15.8. The van der Waals surface area contributed by atoms with Crippen molar-refractivity contribution in [2.75, 3.05) is 6.54 Å². The third-order valence-corrected chi connectivity index (χ3v) is 4.89. The molecule has 2 aromatic rings. The van der Waals surface area contributed by atoms with E-state index in [1.54, 1.807) is 0 Å². The summed E-state index contributed by atoms with van der Waals surface area (Å²) in [7, 11) is 0. The molecule has 3 heteroatoms. The molecule has 2 aliphatic rings. The van der Waals surface area contributed by atoms with Crippen LogP contribution in [0.1, 0.15) is 29.5 Å². The fraction of sp³-hybridized carbons (Fsp3) is 0.333. The first-order chi connectivity index (χ1) is 10.2. The molecule has 1 saturated carbocycles. The van der Waals surface area contributed by atoms with Gasteiger partial charge in [0.05, 0.1) is 0 Å².